The van der Waals surface area contributed by atoms with E-state index in [1.165, 1.54) is 24.5 Å². The summed E-state index contributed by atoms with van der Waals surface area (Å²) in [6, 6.07) is 9.67. The number of rotatable bonds is 8. The van der Waals surface area contributed by atoms with Gasteiger partial charge in [0.2, 0.25) is 0 Å². The number of nitrogens with one attached hydrogen (secondary N) is 2. The molecule has 0 amide bonds. The summed E-state index contributed by atoms with van der Waals surface area (Å²) in [5, 5.41) is 0. The number of ether oxygens (including phenoxy) is 1. The number of piperidine rings is 1. The van der Waals surface area contributed by atoms with E-state index in [0.717, 1.165) is 38.3 Å². The molecule has 2 heterocycles. The van der Waals surface area contributed by atoms with Gasteiger partial charge in [-0.05, 0) is 50.4 Å². The summed E-state index contributed by atoms with van der Waals surface area (Å²) >= 11 is 0. The van der Waals surface area contributed by atoms with Crippen molar-refractivity contribution in [3.63, 3.8) is 0 Å². The quantitative estimate of drug-likeness (QED) is 0.718. The second-order valence-corrected chi connectivity index (χ2v) is 7.68. The van der Waals surface area contributed by atoms with Gasteiger partial charge in [0.15, 0.2) is 0 Å². The predicted octanol–water partition coefficient (Wildman–Crippen LogP) is 1.46. The van der Waals surface area contributed by atoms with Crippen molar-refractivity contribution in [1.29, 1.82) is 0 Å². The molecule has 7 nitrogen and oxygen atoms in total. The van der Waals surface area contributed by atoms with Crippen molar-refractivity contribution in [2.75, 3.05) is 40.3 Å². The van der Waals surface area contributed by atoms with Crippen LogP contribution in [0.5, 0.6) is 5.75 Å². The van der Waals surface area contributed by atoms with Crippen molar-refractivity contribution in [1.82, 2.24) is 19.8 Å². The monoisotopic (exact) mass is 386 g/mol. The van der Waals surface area contributed by atoms with Crippen molar-refractivity contribution in [2.24, 2.45) is 5.92 Å². The molecule has 1 aliphatic heterocycles. The number of H-pyrrole nitrogens is 2. The number of para-hydroxylation sites is 1. The van der Waals surface area contributed by atoms with Crippen LogP contribution in [-0.2, 0) is 13.0 Å². The lowest BCUT2D eigenvalue weighted by Crippen LogP contribution is -2.41. The molecule has 3 rings (SSSR count). The highest BCUT2D eigenvalue weighted by molar-refractivity contribution is 5.33. The van der Waals surface area contributed by atoms with Crippen molar-refractivity contribution in [3.8, 4) is 5.75 Å². The maximum Gasteiger partial charge on any atom is 0.325 e. The Balaban J connectivity index is 1.50. The molecule has 1 aliphatic rings. The molecular formula is C21H30N4O3. The van der Waals surface area contributed by atoms with Gasteiger partial charge in [-0.1, -0.05) is 18.2 Å². The Hall–Kier alpha value is -2.38. The average molecular weight is 386 g/mol. The number of hydrogen-bond acceptors (Lipinski definition) is 5. The van der Waals surface area contributed by atoms with E-state index in [1.54, 1.807) is 7.11 Å². The molecule has 0 aliphatic carbocycles. The van der Waals surface area contributed by atoms with E-state index in [2.05, 4.69) is 31.9 Å². The van der Waals surface area contributed by atoms with Crippen molar-refractivity contribution >= 4 is 0 Å². The zero-order valence-corrected chi connectivity index (χ0v) is 16.7. The third-order valence-corrected chi connectivity index (χ3v) is 5.32. The van der Waals surface area contributed by atoms with Gasteiger partial charge >= 0.3 is 5.69 Å². The summed E-state index contributed by atoms with van der Waals surface area (Å²) < 4.78 is 5.46. The topological polar surface area (TPSA) is 81.4 Å². The van der Waals surface area contributed by atoms with E-state index in [4.69, 9.17) is 4.74 Å². The first-order chi connectivity index (χ1) is 13.5. The van der Waals surface area contributed by atoms with E-state index in [9.17, 15) is 9.59 Å². The van der Waals surface area contributed by atoms with Crippen LogP contribution < -0.4 is 16.0 Å². The SMILES string of the molecule is COc1ccccc1CCN1CCC[C@H](CN(C)Cc2cc(=O)[nH]c(=O)[nH]2)C1. The number of benzene rings is 1. The molecule has 7 heteroatoms. The number of nitrogens with zero attached hydrogens (tertiary/aromatic N) is 2. The van der Waals surface area contributed by atoms with E-state index in [-0.39, 0.29) is 5.56 Å². The Kier molecular flexibility index (Phi) is 7.06. The van der Waals surface area contributed by atoms with Gasteiger partial charge in [0, 0.05) is 37.9 Å². The minimum atomic E-state index is -0.448. The molecule has 1 saturated heterocycles. The molecule has 0 bridgehead atoms. The highest BCUT2D eigenvalue weighted by Gasteiger charge is 2.21. The largest absolute Gasteiger partial charge is 0.496 e. The lowest BCUT2D eigenvalue weighted by Gasteiger charge is -2.34. The van der Waals surface area contributed by atoms with E-state index >= 15 is 0 Å². The average Bonchev–Trinajstić information content (AvgIpc) is 2.66. The molecule has 0 spiro atoms. The Morgan fingerprint density at radius 1 is 1.25 bits per heavy atom. The van der Waals surface area contributed by atoms with Gasteiger partial charge in [-0.3, -0.25) is 9.78 Å². The third kappa shape index (κ3) is 5.81. The van der Waals surface area contributed by atoms with Gasteiger partial charge in [-0.25, -0.2) is 4.79 Å². The van der Waals surface area contributed by atoms with Crippen LogP contribution in [0.2, 0.25) is 0 Å². The summed E-state index contributed by atoms with van der Waals surface area (Å²) in [6.07, 6.45) is 3.40. The molecule has 1 fully saturated rings. The fourth-order valence-electron chi connectivity index (χ4n) is 4.09. The zero-order valence-electron chi connectivity index (χ0n) is 16.7. The van der Waals surface area contributed by atoms with Crippen LogP contribution >= 0.6 is 0 Å². The number of methoxy groups -OCH3 is 1. The summed E-state index contributed by atoms with van der Waals surface area (Å²) in [5.41, 5.74) is 1.10. The molecule has 2 aromatic rings. The first-order valence-electron chi connectivity index (χ1n) is 9.89. The first kappa shape index (κ1) is 20.4. The minimum absolute atomic E-state index is 0.354. The molecule has 1 aromatic carbocycles. The van der Waals surface area contributed by atoms with E-state index < -0.39 is 5.69 Å². The van der Waals surface area contributed by atoms with Gasteiger partial charge < -0.3 is 19.5 Å². The van der Waals surface area contributed by atoms with Gasteiger partial charge in [-0.15, -0.1) is 0 Å². The fourth-order valence-corrected chi connectivity index (χ4v) is 4.09. The Labute approximate surface area is 165 Å². The van der Waals surface area contributed by atoms with Crippen LogP contribution in [0.3, 0.4) is 0 Å². The Bertz CT molecular complexity index is 848. The molecule has 1 aromatic heterocycles. The van der Waals surface area contributed by atoms with Crippen molar-refractivity contribution < 1.29 is 4.74 Å². The van der Waals surface area contributed by atoms with Gasteiger partial charge in [0.25, 0.3) is 5.56 Å². The second-order valence-electron chi connectivity index (χ2n) is 7.68. The lowest BCUT2D eigenvalue weighted by atomic mass is 9.97. The van der Waals surface area contributed by atoms with Crippen LogP contribution in [0.15, 0.2) is 39.9 Å². The first-order valence-corrected chi connectivity index (χ1v) is 9.89. The molecule has 2 N–H and O–H groups in total. The summed E-state index contributed by atoms with van der Waals surface area (Å²) in [6.45, 7) is 4.75. The molecule has 0 unspecified atom stereocenters. The second kappa shape index (κ2) is 9.71. The maximum absolute atomic E-state index is 11.5. The highest BCUT2D eigenvalue weighted by atomic mass is 16.5. The number of aromatic amines is 2. The Morgan fingerprint density at radius 2 is 2.07 bits per heavy atom. The maximum atomic E-state index is 11.5. The predicted molar refractivity (Wildman–Crippen MR) is 110 cm³/mol. The van der Waals surface area contributed by atoms with Gasteiger partial charge in [0.05, 0.1) is 7.11 Å². The number of aromatic nitrogens is 2. The molecular weight excluding hydrogens is 356 g/mol. The number of hydrogen-bond donors (Lipinski definition) is 2. The fraction of sp³-hybridized carbons (Fsp3) is 0.524. The highest BCUT2D eigenvalue weighted by Crippen LogP contribution is 2.21. The minimum Gasteiger partial charge on any atom is -0.496 e. The molecule has 0 saturated carbocycles. The van der Waals surface area contributed by atoms with Gasteiger partial charge in [-0.2, -0.15) is 0 Å². The molecule has 28 heavy (non-hydrogen) atoms. The van der Waals surface area contributed by atoms with Crippen LogP contribution in [0.1, 0.15) is 24.1 Å². The standard InChI is InChI=1S/C21H30N4O3/c1-24(15-18-12-20(26)23-21(27)22-18)13-16-6-5-10-25(14-16)11-9-17-7-3-4-8-19(17)28-2/h3-4,7-8,12,16H,5-6,9-11,13-15H2,1-2H3,(H2,22,23,26,27)/t16-/m1/s1. The summed E-state index contributed by atoms with van der Waals surface area (Å²) in [5.74, 6) is 1.55. The van der Waals surface area contributed by atoms with Crippen LogP contribution in [0.25, 0.3) is 0 Å². The summed E-state index contributed by atoms with van der Waals surface area (Å²) in [4.78, 5) is 32.5. The van der Waals surface area contributed by atoms with Crippen LogP contribution in [-0.4, -0.2) is 60.1 Å². The Morgan fingerprint density at radius 3 is 2.86 bits per heavy atom. The van der Waals surface area contributed by atoms with E-state index in [0.29, 0.717) is 18.2 Å². The zero-order chi connectivity index (χ0) is 19.9. The smallest absolute Gasteiger partial charge is 0.325 e. The molecule has 0 radical (unpaired) electrons. The third-order valence-electron chi connectivity index (χ3n) is 5.32. The van der Waals surface area contributed by atoms with Gasteiger partial charge in [0.1, 0.15) is 5.75 Å². The molecule has 152 valence electrons. The molecule has 1 atom stereocenters. The van der Waals surface area contributed by atoms with E-state index in [1.807, 2.05) is 19.2 Å². The lowest BCUT2D eigenvalue weighted by molar-refractivity contribution is 0.141. The number of likely N-dealkylation sites (tertiary alicyclic amines) is 1. The van der Waals surface area contributed by atoms with Crippen molar-refractivity contribution in [2.45, 2.75) is 25.8 Å². The van der Waals surface area contributed by atoms with Crippen molar-refractivity contribution in [3.05, 3.63) is 62.4 Å². The van der Waals surface area contributed by atoms with Crippen LogP contribution in [0, 0.1) is 5.92 Å². The summed E-state index contributed by atoms with van der Waals surface area (Å²) in [7, 11) is 3.76. The normalized spacial score (nSPS) is 17.8. The van der Waals surface area contributed by atoms with Crippen LogP contribution in [0.4, 0.5) is 0 Å².